The molecule has 100 valence electrons. The Labute approximate surface area is 107 Å². The van der Waals surface area contributed by atoms with Crippen LogP contribution in [0.1, 0.15) is 15.9 Å². The zero-order valence-corrected chi connectivity index (χ0v) is 9.74. The Morgan fingerprint density at radius 1 is 1.32 bits per heavy atom. The summed E-state index contributed by atoms with van der Waals surface area (Å²) >= 11 is 0. The highest BCUT2D eigenvalue weighted by Crippen LogP contribution is 2.19. The Morgan fingerprint density at radius 3 is 2.53 bits per heavy atom. The van der Waals surface area contributed by atoms with Gasteiger partial charge in [-0.1, -0.05) is 0 Å². The second-order valence-electron chi connectivity index (χ2n) is 3.77. The summed E-state index contributed by atoms with van der Waals surface area (Å²) < 4.78 is 31.6. The van der Waals surface area contributed by atoms with Crippen LogP contribution in [0.5, 0.6) is 0 Å². The number of nitrogen functional groups attached to an aromatic ring is 1. The van der Waals surface area contributed by atoms with Crippen molar-refractivity contribution in [3.05, 3.63) is 53.5 Å². The van der Waals surface area contributed by atoms with Gasteiger partial charge in [0.25, 0.3) is 5.91 Å². The smallest absolute Gasteiger partial charge is 0.251 e. The van der Waals surface area contributed by atoms with Gasteiger partial charge >= 0.3 is 0 Å². The minimum absolute atomic E-state index is 0.127. The number of carbonyl (C=O) groups excluding carboxylic acids is 1. The Hall–Kier alpha value is -2.41. The molecule has 0 fully saturated rings. The fourth-order valence-electron chi connectivity index (χ4n) is 1.52. The minimum Gasteiger partial charge on any atom is -0.472 e. The highest BCUT2D eigenvalue weighted by Gasteiger charge is 2.14. The molecule has 7 heteroatoms. The number of nitrogens with one attached hydrogen (secondary N) is 2. The van der Waals surface area contributed by atoms with E-state index in [1.807, 2.05) is 5.43 Å². The van der Waals surface area contributed by atoms with Crippen LogP contribution >= 0.6 is 0 Å². The molecular formula is C12H11F2N3O2. The lowest BCUT2D eigenvalue weighted by Crippen LogP contribution is -2.23. The van der Waals surface area contributed by atoms with Gasteiger partial charge in [0.1, 0.15) is 5.69 Å². The molecule has 2 aromatic rings. The van der Waals surface area contributed by atoms with Crippen molar-refractivity contribution in [1.29, 1.82) is 0 Å². The SMILES string of the molecule is NNc1c(F)cc(C(=O)NCc2ccoc2)cc1F. The first-order valence-electron chi connectivity index (χ1n) is 5.36. The van der Waals surface area contributed by atoms with Crippen LogP contribution in [0.15, 0.2) is 35.1 Å². The van der Waals surface area contributed by atoms with E-state index in [4.69, 9.17) is 10.3 Å². The zero-order chi connectivity index (χ0) is 13.8. The van der Waals surface area contributed by atoms with Crippen molar-refractivity contribution < 1.29 is 18.0 Å². The van der Waals surface area contributed by atoms with Crippen LogP contribution in [0.25, 0.3) is 0 Å². The van der Waals surface area contributed by atoms with Gasteiger partial charge < -0.3 is 15.2 Å². The van der Waals surface area contributed by atoms with E-state index in [1.165, 1.54) is 12.5 Å². The van der Waals surface area contributed by atoms with Gasteiger partial charge in [-0.05, 0) is 18.2 Å². The number of hydrogen-bond donors (Lipinski definition) is 3. The van der Waals surface area contributed by atoms with Gasteiger partial charge in [-0.3, -0.25) is 10.6 Å². The summed E-state index contributed by atoms with van der Waals surface area (Å²) in [6, 6.07) is 3.48. The first-order chi connectivity index (χ1) is 9.11. The van der Waals surface area contributed by atoms with Crippen LogP contribution in [-0.2, 0) is 6.54 Å². The molecular weight excluding hydrogens is 256 g/mol. The number of hydrazine groups is 1. The molecule has 2 rings (SSSR count). The summed E-state index contributed by atoms with van der Waals surface area (Å²) in [4.78, 5) is 11.7. The van der Waals surface area contributed by atoms with Gasteiger partial charge in [-0.25, -0.2) is 8.78 Å². The molecule has 1 heterocycles. The number of carbonyl (C=O) groups is 1. The fraction of sp³-hybridized carbons (Fsp3) is 0.0833. The van der Waals surface area contributed by atoms with Crippen molar-refractivity contribution in [2.45, 2.75) is 6.54 Å². The predicted molar refractivity (Wildman–Crippen MR) is 64.0 cm³/mol. The molecule has 0 atom stereocenters. The van der Waals surface area contributed by atoms with Crippen LogP contribution in [0.2, 0.25) is 0 Å². The third kappa shape index (κ3) is 2.89. The summed E-state index contributed by atoms with van der Waals surface area (Å²) in [6.07, 6.45) is 2.92. The molecule has 1 aromatic heterocycles. The number of anilines is 1. The van der Waals surface area contributed by atoms with Crippen LogP contribution in [-0.4, -0.2) is 5.91 Å². The van der Waals surface area contributed by atoms with Gasteiger partial charge in [0.15, 0.2) is 11.6 Å². The average Bonchev–Trinajstić information content (AvgIpc) is 2.88. The number of halogens is 2. The van der Waals surface area contributed by atoms with E-state index < -0.39 is 23.2 Å². The number of benzene rings is 1. The van der Waals surface area contributed by atoms with E-state index in [0.717, 1.165) is 17.7 Å². The summed E-state index contributed by atoms with van der Waals surface area (Å²) in [6.45, 7) is 0.204. The van der Waals surface area contributed by atoms with Crippen LogP contribution < -0.4 is 16.6 Å². The number of furan rings is 1. The maximum atomic E-state index is 13.4. The highest BCUT2D eigenvalue weighted by atomic mass is 19.1. The van der Waals surface area contributed by atoms with Crippen LogP contribution in [0.3, 0.4) is 0 Å². The summed E-state index contributed by atoms with van der Waals surface area (Å²) in [5.74, 6) is 2.50. The number of nitrogens with two attached hydrogens (primary N) is 1. The molecule has 4 N–H and O–H groups in total. The molecule has 0 aliphatic rings. The lowest BCUT2D eigenvalue weighted by Gasteiger charge is -2.07. The van der Waals surface area contributed by atoms with Crippen molar-refractivity contribution in [2.75, 3.05) is 5.43 Å². The second kappa shape index (κ2) is 5.49. The van der Waals surface area contributed by atoms with Gasteiger partial charge in [-0.2, -0.15) is 0 Å². The number of rotatable bonds is 4. The van der Waals surface area contributed by atoms with E-state index in [-0.39, 0.29) is 12.1 Å². The maximum absolute atomic E-state index is 13.4. The van der Waals surface area contributed by atoms with Crippen molar-refractivity contribution >= 4 is 11.6 Å². The summed E-state index contributed by atoms with van der Waals surface area (Å²) in [5.41, 5.74) is 2.03. The second-order valence-corrected chi connectivity index (χ2v) is 3.77. The van der Waals surface area contributed by atoms with Gasteiger partial charge in [-0.15, -0.1) is 0 Å². The molecule has 1 amide bonds. The predicted octanol–water partition coefficient (Wildman–Crippen LogP) is 1.77. The first kappa shape index (κ1) is 13.0. The topological polar surface area (TPSA) is 80.3 Å². The molecule has 1 aromatic carbocycles. The van der Waals surface area contributed by atoms with Gasteiger partial charge in [0, 0.05) is 17.7 Å². The molecule has 0 saturated heterocycles. The molecule has 0 aliphatic heterocycles. The molecule has 0 radical (unpaired) electrons. The molecule has 0 aliphatic carbocycles. The molecule has 0 unspecified atom stereocenters. The number of amides is 1. The quantitative estimate of drug-likeness (QED) is 0.582. The van der Waals surface area contributed by atoms with Crippen molar-refractivity contribution in [2.24, 2.45) is 5.84 Å². The monoisotopic (exact) mass is 267 g/mol. The zero-order valence-electron chi connectivity index (χ0n) is 9.74. The van der Waals surface area contributed by atoms with E-state index in [2.05, 4.69) is 5.32 Å². The standard InChI is InChI=1S/C12H11F2N3O2/c13-9-3-8(4-10(14)11(9)17-15)12(18)16-5-7-1-2-19-6-7/h1-4,6,17H,5,15H2,(H,16,18). The molecule has 19 heavy (non-hydrogen) atoms. The average molecular weight is 267 g/mol. The Bertz CT molecular complexity index is 562. The largest absolute Gasteiger partial charge is 0.472 e. The van der Waals surface area contributed by atoms with E-state index in [1.54, 1.807) is 6.07 Å². The fourth-order valence-corrected chi connectivity index (χ4v) is 1.52. The summed E-state index contributed by atoms with van der Waals surface area (Å²) in [5, 5.41) is 2.51. The van der Waals surface area contributed by atoms with E-state index in [9.17, 15) is 13.6 Å². The van der Waals surface area contributed by atoms with E-state index >= 15 is 0 Å². The first-order valence-corrected chi connectivity index (χ1v) is 5.36. The van der Waals surface area contributed by atoms with E-state index in [0.29, 0.717) is 0 Å². The third-order valence-corrected chi connectivity index (χ3v) is 2.48. The molecule has 0 saturated carbocycles. The molecule has 0 bridgehead atoms. The van der Waals surface area contributed by atoms with Gasteiger partial charge in [0.05, 0.1) is 12.5 Å². The van der Waals surface area contributed by atoms with Crippen molar-refractivity contribution in [1.82, 2.24) is 5.32 Å². The highest BCUT2D eigenvalue weighted by molar-refractivity contribution is 5.94. The minimum atomic E-state index is -0.934. The lowest BCUT2D eigenvalue weighted by molar-refractivity contribution is 0.0950. The normalized spacial score (nSPS) is 10.3. The Kier molecular flexibility index (Phi) is 3.76. The van der Waals surface area contributed by atoms with Crippen LogP contribution in [0.4, 0.5) is 14.5 Å². The Morgan fingerprint density at radius 2 is 2.00 bits per heavy atom. The number of hydrogen-bond acceptors (Lipinski definition) is 4. The molecule has 0 spiro atoms. The maximum Gasteiger partial charge on any atom is 0.251 e. The van der Waals surface area contributed by atoms with Gasteiger partial charge in [0.2, 0.25) is 0 Å². The third-order valence-electron chi connectivity index (χ3n) is 2.48. The molecule has 5 nitrogen and oxygen atoms in total. The van der Waals surface area contributed by atoms with Crippen molar-refractivity contribution in [3.8, 4) is 0 Å². The Balaban J connectivity index is 2.11. The summed E-state index contributed by atoms with van der Waals surface area (Å²) in [7, 11) is 0. The van der Waals surface area contributed by atoms with Crippen LogP contribution in [0, 0.1) is 11.6 Å². The lowest BCUT2D eigenvalue weighted by atomic mass is 10.1. The van der Waals surface area contributed by atoms with Crippen molar-refractivity contribution in [3.63, 3.8) is 0 Å².